The van der Waals surface area contributed by atoms with Crippen molar-refractivity contribution in [1.29, 1.82) is 0 Å². The van der Waals surface area contributed by atoms with Crippen LogP contribution < -0.4 is 10.4 Å². The van der Waals surface area contributed by atoms with Gasteiger partial charge in [0.2, 0.25) is 0 Å². The van der Waals surface area contributed by atoms with Gasteiger partial charge >= 0.3 is 0 Å². The van der Waals surface area contributed by atoms with Crippen molar-refractivity contribution in [2.75, 3.05) is 0 Å². The monoisotopic (exact) mass is 166 g/mol. The molecular formula is C9H7ClO. The molecule has 0 aromatic heterocycles. The first-order valence-electron chi connectivity index (χ1n) is 3.19. The van der Waals surface area contributed by atoms with Gasteiger partial charge in [0, 0.05) is 0 Å². The lowest BCUT2D eigenvalue weighted by atomic mass is 10.3. The number of fused-ring (bicyclic) bond motifs is 1. The molecule has 0 spiro atoms. The molecule has 0 atom stereocenters. The Kier molecular flexibility index (Phi) is 2.11. The van der Waals surface area contributed by atoms with Gasteiger partial charge in [-0.2, -0.15) is 0 Å². The molecule has 0 heterocycles. The van der Waals surface area contributed by atoms with Crippen LogP contribution in [0.4, 0.5) is 0 Å². The molecule has 0 unspecified atom stereocenters. The van der Waals surface area contributed by atoms with Gasteiger partial charge in [-0.05, 0) is 22.6 Å². The Morgan fingerprint density at radius 2 is 1.36 bits per heavy atom. The maximum Gasteiger partial charge on any atom is 0.179 e. The minimum Gasteiger partial charge on any atom is -0.290 e. The Hall–Kier alpha value is -1.08. The highest BCUT2D eigenvalue weighted by Gasteiger charge is 1.97. The predicted octanol–water partition coefficient (Wildman–Crippen LogP) is 0.252. The van der Waals surface area contributed by atoms with Crippen LogP contribution in [-0.4, -0.2) is 5.78 Å². The zero-order chi connectivity index (χ0) is 6.97. The van der Waals surface area contributed by atoms with Crippen molar-refractivity contribution in [1.82, 2.24) is 0 Å². The first kappa shape index (κ1) is 8.02. The van der Waals surface area contributed by atoms with E-state index in [0.717, 1.165) is 10.4 Å². The van der Waals surface area contributed by atoms with E-state index < -0.39 is 0 Å². The summed E-state index contributed by atoms with van der Waals surface area (Å²) in [7, 11) is 0. The standard InChI is InChI=1S/C9H6O.ClH/c10-9-5-7-3-1-2-4-8(7)6-9;/h1-6H;1H. The molecule has 0 saturated heterocycles. The molecule has 56 valence electrons. The summed E-state index contributed by atoms with van der Waals surface area (Å²) in [5.74, 6) is 0.0983. The molecule has 0 fully saturated rings. The van der Waals surface area contributed by atoms with E-state index in [0.29, 0.717) is 0 Å². The summed E-state index contributed by atoms with van der Waals surface area (Å²) in [6, 6.07) is 7.75. The van der Waals surface area contributed by atoms with Crippen molar-refractivity contribution in [2.45, 2.75) is 0 Å². The molecule has 11 heavy (non-hydrogen) atoms. The summed E-state index contributed by atoms with van der Waals surface area (Å²) < 4.78 is 0. The van der Waals surface area contributed by atoms with Crippen molar-refractivity contribution < 1.29 is 4.79 Å². The zero-order valence-electron chi connectivity index (χ0n) is 5.78. The van der Waals surface area contributed by atoms with Crippen molar-refractivity contribution >= 4 is 30.3 Å². The normalized spacial score (nSPS) is 12.5. The van der Waals surface area contributed by atoms with Gasteiger partial charge in [-0.1, -0.05) is 24.3 Å². The lowest BCUT2D eigenvalue weighted by Gasteiger charge is -1.78. The fourth-order valence-corrected chi connectivity index (χ4v) is 1.12. The van der Waals surface area contributed by atoms with Crippen LogP contribution in [0.3, 0.4) is 0 Å². The van der Waals surface area contributed by atoms with E-state index in [1.165, 1.54) is 0 Å². The average Bonchev–Trinajstić information content (AvgIpc) is 2.27. The third-order valence-electron chi connectivity index (χ3n) is 1.59. The van der Waals surface area contributed by atoms with Gasteiger partial charge in [-0.15, -0.1) is 12.4 Å². The molecule has 1 aromatic carbocycles. The number of Topliss-reactive ketones (excluding diaryl/α,β-unsaturated/α-hetero) is 1. The highest BCUT2D eigenvalue weighted by Crippen LogP contribution is 1.83. The third kappa shape index (κ3) is 1.33. The zero-order valence-corrected chi connectivity index (χ0v) is 6.60. The number of carbonyl (C=O) groups is 1. The quantitative estimate of drug-likeness (QED) is 0.540. The predicted molar refractivity (Wildman–Crippen MR) is 46.9 cm³/mol. The van der Waals surface area contributed by atoms with Crippen LogP contribution in [-0.2, 0) is 4.79 Å². The summed E-state index contributed by atoms with van der Waals surface area (Å²) in [6.45, 7) is 0. The maximum absolute atomic E-state index is 10.8. The van der Waals surface area contributed by atoms with Gasteiger partial charge in [-0.3, -0.25) is 4.79 Å². The van der Waals surface area contributed by atoms with Crippen LogP contribution in [0.1, 0.15) is 0 Å². The molecule has 0 saturated carbocycles. The highest BCUT2D eigenvalue weighted by molar-refractivity contribution is 6.26. The van der Waals surface area contributed by atoms with Gasteiger partial charge in [0.15, 0.2) is 5.78 Å². The average molecular weight is 167 g/mol. The van der Waals surface area contributed by atoms with E-state index in [1.54, 1.807) is 12.2 Å². The molecule has 0 aliphatic heterocycles. The molecular weight excluding hydrogens is 160 g/mol. The molecule has 1 aliphatic carbocycles. The van der Waals surface area contributed by atoms with E-state index in [1.807, 2.05) is 24.3 Å². The van der Waals surface area contributed by atoms with Crippen LogP contribution in [0.15, 0.2) is 24.3 Å². The molecule has 0 amide bonds. The Balaban J connectivity index is 0.000000605. The number of carbonyl (C=O) groups excluding carboxylic acids is 1. The van der Waals surface area contributed by atoms with Crippen molar-refractivity contribution in [3.63, 3.8) is 0 Å². The highest BCUT2D eigenvalue weighted by atomic mass is 35.5. The Bertz CT molecular complexity index is 355. The first-order chi connectivity index (χ1) is 4.86. The van der Waals surface area contributed by atoms with Crippen LogP contribution in [0, 0.1) is 0 Å². The molecule has 2 rings (SSSR count). The Morgan fingerprint density at radius 3 is 1.82 bits per heavy atom. The third-order valence-corrected chi connectivity index (χ3v) is 1.59. The number of rotatable bonds is 0. The Morgan fingerprint density at radius 1 is 0.909 bits per heavy atom. The number of hydrogen-bond acceptors (Lipinski definition) is 1. The van der Waals surface area contributed by atoms with Crippen LogP contribution in [0.25, 0.3) is 12.2 Å². The molecule has 1 aliphatic rings. The summed E-state index contributed by atoms with van der Waals surface area (Å²) in [6.07, 6.45) is 3.30. The first-order valence-corrected chi connectivity index (χ1v) is 3.19. The van der Waals surface area contributed by atoms with Gasteiger partial charge in [0.1, 0.15) is 0 Å². The largest absolute Gasteiger partial charge is 0.290 e. The topological polar surface area (TPSA) is 17.1 Å². The number of halogens is 1. The molecule has 1 nitrogen and oxygen atoms in total. The maximum atomic E-state index is 10.8. The number of ketones is 1. The summed E-state index contributed by atoms with van der Waals surface area (Å²) in [5, 5.41) is 2.07. The van der Waals surface area contributed by atoms with Crippen LogP contribution >= 0.6 is 12.4 Å². The summed E-state index contributed by atoms with van der Waals surface area (Å²) in [5.41, 5.74) is 0. The van der Waals surface area contributed by atoms with Gasteiger partial charge in [-0.25, -0.2) is 0 Å². The van der Waals surface area contributed by atoms with E-state index in [-0.39, 0.29) is 18.2 Å². The van der Waals surface area contributed by atoms with E-state index in [4.69, 9.17) is 0 Å². The SMILES string of the molecule is Cl.O=C1C=c2ccccc2=C1. The van der Waals surface area contributed by atoms with Crippen molar-refractivity contribution in [3.05, 3.63) is 34.7 Å². The van der Waals surface area contributed by atoms with Crippen molar-refractivity contribution in [2.24, 2.45) is 0 Å². The lowest BCUT2D eigenvalue weighted by Crippen LogP contribution is -2.19. The van der Waals surface area contributed by atoms with Crippen LogP contribution in [0.2, 0.25) is 0 Å². The summed E-state index contributed by atoms with van der Waals surface area (Å²) in [4.78, 5) is 10.8. The fourth-order valence-electron chi connectivity index (χ4n) is 1.12. The molecule has 2 heteroatoms. The minimum atomic E-state index is 0. The smallest absolute Gasteiger partial charge is 0.179 e. The van der Waals surface area contributed by atoms with Gasteiger partial charge in [0.05, 0.1) is 0 Å². The molecule has 0 N–H and O–H groups in total. The number of hydrogen-bond donors (Lipinski definition) is 0. The fraction of sp³-hybridized carbons (Fsp3) is 0. The molecule has 0 bridgehead atoms. The second kappa shape index (κ2) is 2.89. The molecule has 1 aromatic rings. The van der Waals surface area contributed by atoms with Gasteiger partial charge < -0.3 is 0 Å². The van der Waals surface area contributed by atoms with E-state index >= 15 is 0 Å². The van der Waals surface area contributed by atoms with E-state index in [9.17, 15) is 4.79 Å². The minimum absolute atomic E-state index is 0. The van der Waals surface area contributed by atoms with E-state index in [2.05, 4.69) is 0 Å². The van der Waals surface area contributed by atoms with Crippen molar-refractivity contribution in [3.8, 4) is 0 Å². The molecule has 0 radical (unpaired) electrons. The Labute approximate surface area is 70.5 Å². The van der Waals surface area contributed by atoms with Gasteiger partial charge in [0.25, 0.3) is 0 Å². The van der Waals surface area contributed by atoms with Crippen LogP contribution in [0.5, 0.6) is 0 Å². The second-order valence-corrected chi connectivity index (χ2v) is 2.32. The number of benzene rings is 1. The lowest BCUT2D eigenvalue weighted by molar-refractivity contribution is -0.107. The second-order valence-electron chi connectivity index (χ2n) is 2.32. The summed E-state index contributed by atoms with van der Waals surface area (Å²) >= 11 is 0.